The molecule has 2 N–H and O–H groups in total. The molecule has 0 radical (unpaired) electrons. The van der Waals surface area contributed by atoms with E-state index in [-0.39, 0.29) is 18.3 Å². The lowest BCUT2D eigenvalue weighted by molar-refractivity contribution is -0.120. The summed E-state index contributed by atoms with van der Waals surface area (Å²) in [4.78, 5) is 11.5. The summed E-state index contributed by atoms with van der Waals surface area (Å²) in [6.45, 7) is 4.68. The highest BCUT2D eigenvalue weighted by Crippen LogP contribution is 1.98. The third kappa shape index (κ3) is 7.77. The minimum absolute atomic E-state index is 0. The zero-order chi connectivity index (χ0) is 11.6. The molecule has 0 fully saturated rings. The van der Waals surface area contributed by atoms with Crippen LogP contribution < -0.4 is 10.6 Å². The van der Waals surface area contributed by atoms with Gasteiger partial charge in [0.2, 0.25) is 5.91 Å². The molecular weight excluding hydrogens is 236 g/mol. The lowest BCUT2D eigenvalue weighted by Gasteiger charge is -2.06. The topological polar surface area (TPSA) is 41.1 Å². The van der Waals surface area contributed by atoms with Gasteiger partial charge in [-0.3, -0.25) is 4.79 Å². The molecule has 0 saturated heterocycles. The molecule has 0 unspecified atom stereocenters. The third-order valence-electron chi connectivity index (χ3n) is 2.26. The van der Waals surface area contributed by atoms with E-state index in [0.717, 1.165) is 25.1 Å². The van der Waals surface area contributed by atoms with Crippen LogP contribution >= 0.6 is 12.4 Å². The summed E-state index contributed by atoms with van der Waals surface area (Å²) in [5.74, 6) is 0.0875. The minimum atomic E-state index is 0. The van der Waals surface area contributed by atoms with E-state index in [0.29, 0.717) is 13.0 Å². The smallest absolute Gasteiger partial charge is 0.224 e. The Balaban J connectivity index is 0.00000256. The van der Waals surface area contributed by atoms with Crippen LogP contribution in [0.3, 0.4) is 0 Å². The SMILES string of the molecule is CCCNCCNC(=O)Cc1ccccc1.Cl. The van der Waals surface area contributed by atoms with Crippen LogP contribution in [0.4, 0.5) is 0 Å². The molecule has 1 aromatic carbocycles. The van der Waals surface area contributed by atoms with Crippen molar-refractivity contribution in [3.63, 3.8) is 0 Å². The van der Waals surface area contributed by atoms with Gasteiger partial charge in [0, 0.05) is 13.1 Å². The molecule has 0 atom stereocenters. The van der Waals surface area contributed by atoms with Crippen molar-refractivity contribution < 1.29 is 4.79 Å². The molecule has 0 spiro atoms. The van der Waals surface area contributed by atoms with E-state index >= 15 is 0 Å². The van der Waals surface area contributed by atoms with E-state index in [9.17, 15) is 4.79 Å². The highest BCUT2D eigenvalue weighted by Gasteiger charge is 2.01. The molecule has 3 nitrogen and oxygen atoms in total. The molecule has 0 saturated carbocycles. The highest BCUT2D eigenvalue weighted by molar-refractivity contribution is 5.85. The fraction of sp³-hybridized carbons (Fsp3) is 0.462. The van der Waals surface area contributed by atoms with Gasteiger partial charge in [-0.15, -0.1) is 12.4 Å². The van der Waals surface area contributed by atoms with Crippen LogP contribution in [-0.2, 0) is 11.2 Å². The summed E-state index contributed by atoms with van der Waals surface area (Å²) >= 11 is 0. The van der Waals surface area contributed by atoms with Gasteiger partial charge in [-0.2, -0.15) is 0 Å². The maximum Gasteiger partial charge on any atom is 0.224 e. The lowest BCUT2D eigenvalue weighted by atomic mass is 10.1. The first-order valence-corrected chi connectivity index (χ1v) is 5.84. The number of halogens is 1. The average Bonchev–Trinajstić information content (AvgIpc) is 2.30. The van der Waals surface area contributed by atoms with Gasteiger partial charge in [-0.25, -0.2) is 0 Å². The predicted octanol–water partition coefficient (Wildman–Crippen LogP) is 1.77. The van der Waals surface area contributed by atoms with Crippen molar-refractivity contribution in [2.75, 3.05) is 19.6 Å². The van der Waals surface area contributed by atoms with E-state index < -0.39 is 0 Å². The third-order valence-corrected chi connectivity index (χ3v) is 2.26. The Bertz CT molecular complexity index is 304. The van der Waals surface area contributed by atoms with Crippen molar-refractivity contribution in [3.8, 4) is 0 Å². The molecule has 96 valence electrons. The lowest BCUT2D eigenvalue weighted by Crippen LogP contribution is -2.32. The van der Waals surface area contributed by atoms with Crippen molar-refractivity contribution in [1.29, 1.82) is 0 Å². The van der Waals surface area contributed by atoms with Crippen molar-refractivity contribution in [3.05, 3.63) is 35.9 Å². The number of rotatable bonds is 7. The molecule has 1 aromatic rings. The molecular formula is C13H21ClN2O. The summed E-state index contributed by atoms with van der Waals surface area (Å²) < 4.78 is 0. The Morgan fingerprint density at radius 3 is 2.47 bits per heavy atom. The van der Waals surface area contributed by atoms with E-state index in [2.05, 4.69) is 17.6 Å². The molecule has 0 bridgehead atoms. The Hall–Kier alpha value is -1.06. The molecule has 1 amide bonds. The first-order valence-electron chi connectivity index (χ1n) is 5.84. The standard InChI is InChI=1S/C13H20N2O.ClH/c1-2-8-14-9-10-15-13(16)11-12-6-4-3-5-7-12;/h3-7,14H,2,8-11H2,1H3,(H,15,16);1H. The number of hydrogen-bond donors (Lipinski definition) is 2. The van der Waals surface area contributed by atoms with Crippen LogP contribution in [0.1, 0.15) is 18.9 Å². The predicted molar refractivity (Wildman–Crippen MR) is 73.6 cm³/mol. The summed E-state index contributed by atoms with van der Waals surface area (Å²) in [5, 5.41) is 6.13. The summed E-state index contributed by atoms with van der Waals surface area (Å²) in [6.07, 6.45) is 1.59. The zero-order valence-corrected chi connectivity index (χ0v) is 11.1. The molecule has 4 heteroatoms. The minimum Gasteiger partial charge on any atom is -0.355 e. The number of carbonyl (C=O) groups is 1. The number of carbonyl (C=O) groups excluding carboxylic acids is 1. The van der Waals surface area contributed by atoms with Crippen molar-refractivity contribution >= 4 is 18.3 Å². The Morgan fingerprint density at radius 1 is 1.12 bits per heavy atom. The van der Waals surface area contributed by atoms with E-state index in [1.54, 1.807) is 0 Å². The van der Waals surface area contributed by atoms with Crippen LogP contribution in [-0.4, -0.2) is 25.5 Å². The molecule has 17 heavy (non-hydrogen) atoms. The average molecular weight is 257 g/mol. The van der Waals surface area contributed by atoms with Crippen LogP contribution in [0, 0.1) is 0 Å². The molecule has 1 rings (SSSR count). The first-order chi connectivity index (χ1) is 7.83. The van der Waals surface area contributed by atoms with Gasteiger partial charge < -0.3 is 10.6 Å². The zero-order valence-electron chi connectivity index (χ0n) is 10.2. The highest BCUT2D eigenvalue weighted by atomic mass is 35.5. The van der Waals surface area contributed by atoms with Gasteiger partial charge in [0.25, 0.3) is 0 Å². The largest absolute Gasteiger partial charge is 0.355 e. The van der Waals surface area contributed by atoms with Crippen LogP contribution in [0.25, 0.3) is 0 Å². The molecule has 0 aliphatic carbocycles. The van der Waals surface area contributed by atoms with Gasteiger partial charge >= 0.3 is 0 Å². The van der Waals surface area contributed by atoms with Crippen LogP contribution in [0.2, 0.25) is 0 Å². The molecule has 0 aliphatic rings. The maximum absolute atomic E-state index is 11.5. The normalized spacial score (nSPS) is 9.47. The quantitative estimate of drug-likeness (QED) is 0.730. The second-order valence-corrected chi connectivity index (χ2v) is 3.76. The summed E-state index contributed by atoms with van der Waals surface area (Å²) in [7, 11) is 0. The van der Waals surface area contributed by atoms with Gasteiger partial charge in [0.1, 0.15) is 0 Å². The number of nitrogens with one attached hydrogen (secondary N) is 2. The second-order valence-electron chi connectivity index (χ2n) is 3.76. The Labute approximate surface area is 109 Å². The van der Waals surface area contributed by atoms with Crippen molar-refractivity contribution in [2.45, 2.75) is 19.8 Å². The van der Waals surface area contributed by atoms with E-state index in [4.69, 9.17) is 0 Å². The Morgan fingerprint density at radius 2 is 1.82 bits per heavy atom. The van der Waals surface area contributed by atoms with Gasteiger partial charge in [-0.05, 0) is 18.5 Å². The van der Waals surface area contributed by atoms with Gasteiger partial charge in [0.15, 0.2) is 0 Å². The van der Waals surface area contributed by atoms with Crippen molar-refractivity contribution in [2.24, 2.45) is 0 Å². The molecule has 0 heterocycles. The number of benzene rings is 1. The van der Waals surface area contributed by atoms with Crippen LogP contribution in [0.5, 0.6) is 0 Å². The van der Waals surface area contributed by atoms with E-state index in [1.807, 2.05) is 30.3 Å². The number of amides is 1. The summed E-state index contributed by atoms with van der Waals surface area (Å²) in [6, 6.07) is 9.79. The summed E-state index contributed by atoms with van der Waals surface area (Å²) in [5.41, 5.74) is 1.06. The molecule has 0 aliphatic heterocycles. The van der Waals surface area contributed by atoms with Gasteiger partial charge in [0.05, 0.1) is 6.42 Å². The van der Waals surface area contributed by atoms with E-state index in [1.165, 1.54) is 0 Å². The number of hydrogen-bond acceptors (Lipinski definition) is 2. The second kappa shape index (κ2) is 10.1. The van der Waals surface area contributed by atoms with Crippen molar-refractivity contribution in [1.82, 2.24) is 10.6 Å². The Kier molecular flexibility index (Phi) is 9.49. The molecule has 0 aromatic heterocycles. The van der Waals surface area contributed by atoms with Crippen LogP contribution in [0.15, 0.2) is 30.3 Å². The first kappa shape index (κ1) is 15.9. The van der Waals surface area contributed by atoms with Gasteiger partial charge in [-0.1, -0.05) is 37.3 Å². The monoisotopic (exact) mass is 256 g/mol. The maximum atomic E-state index is 11.5. The fourth-order valence-electron chi connectivity index (χ4n) is 1.44. The fourth-order valence-corrected chi connectivity index (χ4v) is 1.44.